The lowest BCUT2D eigenvalue weighted by atomic mass is 10.2. The van der Waals surface area contributed by atoms with E-state index in [9.17, 15) is 0 Å². The highest BCUT2D eigenvalue weighted by Gasteiger charge is 2.17. The topological polar surface area (TPSA) is 87.7 Å². The van der Waals surface area contributed by atoms with Crippen LogP contribution in [-0.2, 0) is 0 Å². The van der Waals surface area contributed by atoms with Crippen molar-refractivity contribution >= 4 is 62.0 Å². The van der Waals surface area contributed by atoms with Crippen LogP contribution < -0.4 is 11.1 Å². The summed E-state index contributed by atoms with van der Waals surface area (Å²) in [5.74, 6) is 0.0985. The lowest BCUT2D eigenvalue weighted by molar-refractivity contribution is 1.34. The van der Waals surface area contributed by atoms with Crippen LogP contribution >= 0.6 is 34.4 Å². The van der Waals surface area contributed by atoms with Crippen molar-refractivity contribution in [3.8, 4) is 11.3 Å². The van der Waals surface area contributed by atoms with Gasteiger partial charge in [0.25, 0.3) is 0 Å². The molecule has 26 heavy (non-hydrogen) atoms. The van der Waals surface area contributed by atoms with Gasteiger partial charge in [0.05, 0.1) is 28.0 Å². The number of para-hydroxylation sites is 1. The van der Waals surface area contributed by atoms with Gasteiger partial charge < -0.3 is 11.1 Å². The van der Waals surface area contributed by atoms with Crippen molar-refractivity contribution < 1.29 is 0 Å². The zero-order valence-electron chi connectivity index (χ0n) is 13.8. The molecule has 8 heteroatoms. The minimum absolute atomic E-state index is 0.0985. The Morgan fingerprint density at radius 3 is 2.88 bits per heavy atom. The van der Waals surface area contributed by atoms with Gasteiger partial charge in [0.2, 0.25) is 0 Å². The van der Waals surface area contributed by atoms with Gasteiger partial charge in [-0.15, -0.1) is 34.4 Å². The van der Waals surface area contributed by atoms with Gasteiger partial charge in [0.1, 0.15) is 5.84 Å². The predicted octanol–water partition coefficient (Wildman–Crippen LogP) is 5.17. The van der Waals surface area contributed by atoms with Crippen LogP contribution in [0.25, 0.3) is 22.2 Å². The first kappa shape index (κ1) is 17.0. The molecule has 0 saturated heterocycles. The Labute approximate surface area is 162 Å². The maximum atomic E-state index is 7.71. The Balaban J connectivity index is 1.63. The molecule has 0 saturated carbocycles. The third-order valence-electron chi connectivity index (χ3n) is 3.82. The quantitative estimate of drug-likeness (QED) is 0.246. The number of thioether (sulfide) groups is 1. The number of fused-ring (bicyclic) bond motifs is 1. The molecule has 0 spiro atoms. The van der Waals surface area contributed by atoms with E-state index in [0.29, 0.717) is 0 Å². The normalized spacial score (nSPS) is 11.0. The van der Waals surface area contributed by atoms with Crippen molar-refractivity contribution in [2.24, 2.45) is 5.73 Å². The van der Waals surface area contributed by atoms with Gasteiger partial charge in [-0.2, -0.15) is 0 Å². The number of thiophene rings is 1. The lowest BCUT2D eigenvalue weighted by Gasteiger charge is -2.04. The number of nitrogens with two attached hydrogens (primary N) is 1. The summed E-state index contributed by atoms with van der Waals surface area (Å²) in [4.78, 5) is 11.0. The van der Waals surface area contributed by atoms with E-state index in [4.69, 9.17) is 16.1 Å². The summed E-state index contributed by atoms with van der Waals surface area (Å²) in [7, 11) is 0. The lowest BCUT2D eigenvalue weighted by Crippen LogP contribution is -2.09. The van der Waals surface area contributed by atoms with E-state index in [2.05, 4.69) is 16.4 Å². The van der Waals surface area contributed by atoms with Gasteiger partial charge in [-0.3, -0.25) is 10.4 Å². The van der Waals surface area contributed by atoms with Crippen LogP contribution in [-0.4, -0.2) is 22.1 Å². The van der Waals surface area contributed by atoms with Crippen molar-refractivity contribution in [2.75, 3.05) is 11.6 Å². The van der Waals surface area contributed by atoms with Gasteiger partial charge >= 0.3 is 0 Å². The van der Waals surface area contributed by atoms with Crippen LogP contribution in [0.4, 0.5) is 10.8 Å². The Morgan fingerprint density at radius 2 is 2.08 bits per heavy atom. The van der Waals surface area contributed by atoms with Crippen molar-refractivity contribution in [3.63, 3.8) is 0 Å². The van der Waals surface area contributed by atoms with Gasteiger partial charge in [-0.05, 0) is 18.4 Å². The summed E-state index contributed by atoms with van der Waals surface area (Å²) in [5, 5.41) is 17.0. The zero-order chi connectivity index (χ0) is 18.1. The van der Waals surface area contributed by atoms with E-state index in [1.165, 1.54) is 11.3 Å². The zero-order valence-corrected chi connectivity index (χ0v) is 16.3. The van der Waals surface area contributed by atoms with Gasteiger partial charge in [-0.25, -0.2) is 4.98 Å². The predicted molar refractivity (Wildman–Crippen MR) is 113 cm³/mol. The standard InChI is InChI=1S/C18H15N5S3/c1-24-15-12(8-25-16(15)17(19)20)14-9-26-18(23-14)22-11-6-10-4-2-3-5-13(10)21-7-11/h2-9H,1H3,(H3,19,20)(H,22,23). The first-order chi connectivity index (χ1) is 12.7. The second-order valence-corrected chi connectivity index (χ2v) is 8.06. The molecule has 1 aromatic carbocycles. The van der Waals surface area contributed by atoms with Crippen LogP contribution in [0.3, 0.4) is 0 Å². The second-order valence-electron chi connectivity index (χ2n) is 5.51. The number of hydrogen-bond acceptors (Lipinski definition) is 7. The fraction of sp³-hybridized carbons (Fsp3) is 0.0556. The molecule has 0 aliphatic rings. The van der Waals surface area contributed by atoms with Crippen LogP contribution in [0.5, 0.6) is 0 Å². The number of anilines is 2. The van der Waals surface area contributed by atoms with Crippen LogP contribution in [0, 0.1) is 5.41 Å². The maximum Gasteiger partial charge on any atom is 0.187 e. The molecule has 0 unspecified atom stereocenters. The summed E-state index contributed by atoms with van der Waals surface area (Å²) < 4.78 is 0. The molecular formula is C18H15N5S3. The number of nitrogen functional groups attached to an aromatic ring is 1. The Morgan fingerprint density at radius 1 is 1.23 bits per heavy atom. The number of pyridine rings is 1. The van der Waals surface area contributed by atoms with Crippen LogP contribution in [0.2, 0.25) is 0 Å². The van der Waals surface area contributed by atoms with Gasteiger partial charge in [-0.1, -0.05) is 18.2 Å². The third kappa shape index (κ3) is 3.18. The number of hydrogen-bond donors (Lipinski definition) is 3. The monoisotopic (exact) mass is 397 g/mol. The largest absolute Gasteiger partial charge is 0.383 e. The molecule has 0 fully saturated rings. The fourth-order valence-electron chi connectivity index (χ4n) is 2.63. The van der Waals surface area contributed by atoms with E-state index >= 15 is 0 Å². The second kappa shape index (κ2) is 7.06. The molecule has 4 rings (SSSR count). The molecule has 4 N–H and O–H groups in total. The number of benzene rings is 1. The molecule has 0 aliphatic carbocycles. The number of amidine groups is 1. The van der Waals surface area contributed by atoms with E-state index in [1.807, 2.05) is 47.5 Å². The third-order valence-corrected chi connectivity index (χ3v) is 6.55. The highest BCUT2D eigenvalue weighted by molar-refractivity contribution is 7.99. The van der Waals surface area contributed by atoms with Gasteiger partial charge in [0.15, 0.2) is 5.13 Å². The van der Waals surface area contributed by atoms with E-state index in [0.717, 1.165) is 42.8 Å². The smallest absolute Gasteiger partial charge is 0.187 e. The molecule has 0 atom stereocenters. The highest BCUT2D eigenvalue weighted by atomic mass is 32.2. The van der Waals surface area contributed by atoms with E-state index in [1.54, 1.807) is 23.1 Å². The number of nitrogens with zero attached hydrogens (tertiary/aromatic N) is 2. The summed E-state index contributed by atoms with van der Waals surface area (Å²) in [6.07, 6.45) is 3.81. The number of aromatic nitrogens is 2. The minimum atomic E-state index is 0.0985. The maximum absolute atomic E-state index is 7.71. The van der Waals surface area contributed by atoms with E-state index in [-0.39, 0.29) is 5.84 Å². The molecule has 4 aromatic rings. The molecule has 3 aromatic heterocycles. The van der Waals surface area contributed by atoms with Crippen molar-refractivity contribution in [3.05, 3.63) is 52.2 Å². The van der Waals surface area contributed by atoms with Crippen molar-refractivity contribution in [1.29, 1.82) is 5.41 Å². The summed E-state index contributed by atoms with van der Waals surface area (Å²) in [5.41, 5.74) is 9.46. The number of rotatable bonds is 5. The Bertz CT molecular complexity index is 1100. The molecule has 0 amide bonds. The Hall–Kier alpha value is -2.42. The average molecular weight is 398 g/mol. The summed E-state index contributed by atoms with van der Waals surface area (Å²) in [6.45, 7) is 0. The molecule has 5 nitrogen and oxygen atoms in total. The highest BCUT2D eigenvalue weighted by Crippen LogP contribution is 2.39. The summed E-state index contributed by atoms with van der Waals surface area (Å²) >= 11 is 4.61. The molecule has 0 aliphatic heterocycles. The van der Waals surface area contributed by atoms with Gasteiger partial charge in [0, 0.05) is 26.6 Å². The SMILES string of the molecule is CSc1c(-c2csc(Nc3cnc4ccccc4c3)n2)csc1C(=N)N. The number of thiazole rings is 1. The molecular weight excluding hydrogens is 382 g/mol. The van der Waals surface area contributed by atoms with E-state index < -0.39 is 0 Å². The average Bonchev–Trinajstić information content (AvgIpc) is 3.27. The van der Waals surface area contributed by atoms with Crippen LogP contribution in [0.1, 0.15) is 4.88 Å². The first-order valence-electron chi connectivity index (χ1n) is 7.73. The number of nitrogens with one attached hydrogen (secondary N) is 2. The first-order valence-corrected chi connectivity index (χ1v) is 10.7. The molecule has 0 bridgehead atoms. The molecule has 0 radical (unpaired) electrons. The minimum Gasteiger partial charge on any atom is -0.383 e. The summed E-state index contributed by atoms with van der Waals surface area (Å²) in [6, 6.07) is 10.1. The fourth-order valence-corrected chi connectivity index (χ4v) is 5.33. The van der Waals surface area contributed by atoms with Crippen LogP contribution in [0.15, 0.2) is 52.2 Å². The molecule has 3 heterocycles. The van der Waals surface area contributed by atoms with Crippen molar-refractivity contribution in [1.82, 2.24) is 9.97 Å². The molecule has 130 valence electrons. The van der Waals surface area contributed by atoms with Crippen molar-refractivity contribution in [2.45, 2.75) is 4.90 Å². The Kier molecular flexibility index (Phi) is 4.62.